The van der Waals surface area contributed by atoms with Gasteiger partial charge in [-0.2, -0.15) is 5.26 Å². The van der Waals surface area contributed by atoms with Gasteiger partial charge in [0, 0.05) is 48.2 Å². The number of aliphatic hydroxyl groups excluding tert-OH is 1. The summed E-state index contributed by atoms with van der Waals surface area (Å²) in [5.41, 5.74) is -0.284. The minimum absolute atomic E-state index is 0. The zero-order valence-electron chi connectivity index (χ0n) is 23.5. The molecule has 1 aliphatic carbocycles. The molecule has 0 bridgehead atoms. The topological polar surface area (TPSA) is 127 Å². The van der Waals surface area contributed by atoms with Crippen LogP contribution in [0.1, 0.15) is 56.7 Å². The fourth-order valence-corrected chi connectivity index (χ4v) is 5.88. The number of nitrogens with zero attached hydrogens (tertiary/aromatic N) is 4. The number of aliphatic hydroxyl groups is 1. The number of nitriles is 1. The highest BCUT2D eigenvalue weighted by atomic mass is 35.5. The third kappa shape index (κ3) is 7.13. The lowest BCUT2D eigenvalue weighted by molar-refractivity contribution is -0.128. The summed E-state index contributed by atoms with van der Waals surface area (Å²) in [7, 11) is 0. The molecule has 1 aromatic heterocycles. The Labute approximate surface area is 267 Å². The molecule has 9 nitrogen and oxygen atoms in total. The lowest BCUT2D eigenvalue weighted by atomic mass is 9.91. The number of benzene rings is 2. The molecule has 3 amide bonds. The molecule has 5 rings (SSSR count). The maximum Gasteiger partial charge on any atom is 0.257 e. The molecule has 46 heavy (non-hydrogen) atoms. The highest BCUT2D eigenvalue weighted by molar-refractivity contribution is 6.31. The van der Waals surface area contributed by atoms with Crippen molar-refractivity contribution in [3.63, 3.8) is 0 Å². The van der Waals surface area contributed by atoms with Crippen LogP contribution in [0.5, 0.6) is 0 Å². The minimum atomic E-state index is -2.89. The van der Waals surface area contributed by atoms with Crippen molar-refractivity contribution in [2.75, 3.05) is 9.80 Å². The van der Waals surface area contributed by atoms with Gasteiger partial charge in [-0.05, 0) is 43.2 Å². The van der Waals surface area contributed by atoms with Gasteiger partial charge in [-0.3, -0.25) is 24.2 Å². The minimum Gasteiger partial charge on any atom is -0.383 e. The van der Waals surface area contributed by atoms with E-state index in [0.717, 1.165) is 21.9 Å². The number of pyridine rings is 1. The Balaban J connectivity index is 0.00000480. The first-order valence-corrected chi connectivity index (χ1v) is 14.4. The van der Waals surface area contributed by atoms with Gasteiger partial charge in [-0.1, -0.05) is 37.2 Å². The van der Waals surface area contributed by atoms with E-state index in [-0.39, 0.29) is 42.2 Å². The van der Waals surface area contributed by atoms with Crippen molar-refractivity contribution in [3.05, 3.63) is 88.6 Å². The van der Waals surface area contributed by atoms with Gasteiger partial charge in [0.1, 0.15) is 35.6 Å². The number of hydrogen-bond donors (Lipinski definition) is 2. The van der Waals surface area contributed by atoms with Gasteiger partial charge < -0.3 is 10.4 Å². The Morgan fingerprint density at radius 3 is 2.39 bits per heavy atom. The largest absolute Gasteiger partial charge is 0.383 e. The molecule has 0 unspecified atom stereocenters. The monoisotopic (exact) mass is 659 g/mol. The molecule has 2 aromatic carbocycles. The summed E-state index contributed by atoms with van der Waals surface area (Å²) in [6.45, 7) is 0. The number of hydrogen-bond acceptors (Lipinski definition) is 6. The molecule has 1 saturated heterocycles. The molecule has 3 aromatic rings. The second-order valence-electron chi connectivity index (χ2n) is 10.9. The maximum absolute atomic E-state index is 14.6. The van der Waals surface area contributed by atoms with Gasteiger partial charge in [-0.25, -0.2) is 22.5 Å². The number of alkyl halides is 2. The first-order chi connectivity index (χ1) is 21.4. The van der Waals surface area contributed by atoms with Gasteiger partial charge in [0.25, 0.3) is 11.8 Å². The number of anilines is 2. The number of carbonyl (C=O) groups excluding carboxylic acids is 3. The van der Waals surface area contributed by atoms with Crippen molar-refractivity contribution in [2.45, 2.75) is 69.7 Å². The number of aromatic nitrogens is 1. The maximum atomic E-state index is 14.6. The molecule has 2 aliphatic rings. The van der Waals surface area contributed by atoms with Crippen LogP contribution >= 0.6 is 11.6 Å². The molecule has 2 heterocycles. The van der Waals surface area contributed by atoms with Gasteiger partial charge in [0.2, 0.25) is 11.8 Å². The van der Waals surface area contributed by atoms with E-state index in [2.05, 4.69) is 10.3 Å². The molecular weight excluding hydrogens is 630 g/mol. The fraction of sp³-hybridized carbons (Fsp3) is 0.344. The van der Waals surface area contributed by atoms with Gasteiger partial charge in [-0.15, -0.1) is 0 Å². The highest BCUT2D eigenvalue weighted by Gasteiger charge is 2.48. The summed E-state index contributed by atoms with van der Waals surface area (Å²) in [6.07, 6.45) is -2.02. The molecule has 3 atom stereocenters. The molecule has 0 radical (unpaired) electrons. The molecular formula is C32H30ClF4N5O4. The van der Waals surface area contributed by atoms with Crippen molar-refractivity contribution in [3.8, 4) is 6.07 Å². The number of carbonyl (C=O) groups is 3. The second kappa shape index (κ2) is 13.8. The van der Waals surface area contributed by atoms with Crippen LogP contribution in [0.4, 0.5) is 29.1 Å². The summed E-state index contributed by atoms with van der Waals surface area (Å²) >= 11 is 6.50. The lowest BCUT2D eigenvalue weighted by Gasteiger charge is -2.37. The summed E-state index contributed by atoms with van der Waals surface area (Å²) in [4.78, 5) is 47.5. The molecule has 2 fully saturated rings. The van der Waals surface area contributed by atoms with Crippen LogP contribution in [0, 0.1) is 23.0 Å². The molecule has 0 spiro atoms. The zero-order valence-corrected chi connectivity index (χ0v) is 24.2. The van der Waals surface area contributed by atoms with E-state index in [1.807, 2.05) is 6.07 Å². The van der Waals surface area contributed by atoms with E-state index in [1.54, 1.807) is 6.07 Å². The molecule has 1 saturated carbocycles. The lowest BCUT2D eigenvalue weighted by Crippen LogP contribution is -2.53. The van der Waals surface area contributed by atoms with Crippen molar-refractivity contribution in [2.24, 2.45) is 0 Å². The Bertz CT molecular complexity index is 1660. The number of rotatable bonds is 7. The smallest absolute Gasteiger partial charge is 0.257 e. The van der Waals surface area contributed by atoms with E-state index < -0.39 is 84.5 Å². The van der Waals surface area contributed by atoms with E-state index in [4.69, 9.17) is 11.6 Å². The number of nitrogens with one attached hydrogen (secondary N) is 1. The van der Waals surface area contributed by atoms with Crippen molar-refractivity contribution in [1.82, 2.24) is 10.3 Å². The van der Waals surface area contributed by atoms with Crippen LogP contribution < -0.4 is 15.1 Å². The molecule has 1 aliphatic heterocycles. The average Bonchev–Trinajstić information content (AvgIpc) is 3.30. The summed E-state index contributed by atoms with van der Waals surface area (Å²) < 4.78 is 57.0. The summed E-state index contributed by atoms with van der Waals surface area (Å²) in [6, 6.07) is 8.62. The van der Waals surface area contributed by atoms with Crippen LogP contribution in [0.15, 0.2) is 60.8 Å². The van der Waals surface area contributed by atoms with E-state index in [1.165, 1.54) is 36.5 Å². The van der Waals surface area contributed by atoms with Crippen LogP contribution in [0.25, 0.3) is 0 Å². The Morgan fingerprint density at radius 1 is 1.11 bits per heavy atom. The van der Waals surface area contributed by atoms with E-state index in [0.29, 0.717) is 6.07 Å². The molecule has 242 valence electrons. The van der Waals surface area contributed by atoms with Crippen LogP contribution in [-0.4, -0.2) is 51.9 Å². The Kier molecular flexibility index (Phi) is 10.3. The second-order valence-corrected chi connectivity index (χ2v) is 11.3. The third-order valence-electron chi connectivity index (χ3n) is 7.82. The fourth-order valence-electron chi connectivity index (χ4n) is 5.64. The molecule has 14 heteroatoms. The predicted octanol–water partition coefficient (Wildman–Crippen LogP) is 5.46. The van der Waals surface area contributed by atoms with Crippen molar-refractivity contribution >= 4 is 40.8 Å². The first kappa shape index (κ1) is 34.3. The van der Waals surface area contributed by atoms with Gasteiger partial charge in [0.05, 0.1) is 17.3 Å². The quantitative estimate of drug-likeness (QED) is 0.325. The van der Waals surface area contributed by atoms with Gasteiger partial charge in [0.15, 0.2) is 0 Å². The van der Waals surface area contributed by atoms with E-state index >= 15 is 0 Å². The Hall–Kier alpha value is -4.54. The number of amides is 3. The SMILES string of the molecule is C.N#Cc1ccnc(N2C(=O)[C@H](O)C[C@H]2C(=O)N(c2cc(F)cc(F)c2)[C@@H](C(=O)NC2CCC(F)(F)CC2)c2ccccc2Cl)c1. The van der Waals surface area contributed by atoms with Gasteiger partial charge >= 0.3 is 0 Å². The first-order valence-electron chi connectivity index (χ1n) is 14.0. The highest BCUT2D eigenvalue weighted by Crippen LogP contribution is 2.38. The van der Waals surface area contributed by atoms with E-state index in [9.17, 15) is 42.3 Å². The van der Waals surface area contributed by atoms with Crippen LogP contribution in [-0.2, 0) is 14.4 Å². The van der Waals surface area contributed by atoms with Crippen LogP contribution in [0.2, 0.25) is 5.02 Å². The average molecular weight is 660 g/mol. The third-order valence-corrected chi connectivity index (χ3v) is 8.16. The zero-order chi connectivity index (χ0) is 32.5. The summed E-state index contributed by atoms with van der Waals surface area (Å²) in [5.74, 6) is -8.05. The van der Waals surface area contributed by atoms with Crippen molar-refractivity contribution in [1.29, 1.82) is 5.26 Å². The predicted molar refractivity (Wildman–Crippen MR) is 161 cm³/mol. The van der Waals surface area contributed by atoms with Crippen molar-refractivity contribution < 1.29 is 37.1 Å². The number of halogens is 5. The van der Waals surface area contributed by atoms with Crippen LogP contribution in [0.3, 0.4) is 0 Å². The standard InChI is InChI=1S/C31H26ClF4N5O4.CH4/c32-23-4-2-1-3-22(23)27(28(43)39-20-5-8-31(35,36)9-6-20)40(21-13-18(33)12-19(34)14-21)29(44)24-15-25(42)30(45)41(24)26-11-17(16-37)7-10-38-26;/h1-4,7,10-14,20,24-25,27,42H,5-6,8-9,15H2,(H,39,43);1H4/t24-,25+,27+;/m0./s1. The molecule has 2 N–H and O–H groups in total. The Morgan fingerprint density at radius 2 is 1.76 bits per heavy atom. The summed E-state index contributed by atoms with van der Waals surface area (Å²) in [5, 5.41) is 22.6. The normalized spacial score (nSPS) is 19.9.